The summed E-state index contributed by atoms with van der Waals surface area (Å²) in [7, 11) is 1.98. The Morgan fingerprint density at radius 2 is 2.08 bits per heavy atom. The molecule has 0 saturated heterocycles. The van der Waals surface area contributed by atoms with Gasteiger partial charge >= 0.3 is 0 Å². The van der Waals surface area contributed by atoms with Gasteiger partial charge in [-0.25, -0.2) is 4.39 Å². The topological polar surface area (TPSA) is 3.24 Å². The third-order valence-electron chi connectivity index (χ3n) is 1.86. The molecule has 13 heavy (non-hydrogen) atoms. The predicted molar refractivity (Wildman–Crippen MR) is 56.5 cm³/mol. The molecule has 0 aliphatic heterocycles. The Labute approximate surface area is 86.7 Å². The molecule has 0 spiro atoms. The number of halogens is 2. The van der Waals surface area contributed by atoms with Crippen LogP contribution in [0.5, 0.6) is 0 Å². The zero-order valence-corrected chi connectivity index (χ0v) is 9.22. The zero-order valence-electron chi connectivity index (χ0n) is 7.63. The van der Waals surface area contributed by atoms with Gasteiger partial charge in [0.15, 0.2) is 0 Å². The standard InChI is InChI=1S/C10H13BrFN/c1-13(7-6-11)8-9-4-2-3-5-10(9)12/h2-5H,6-8H2,1H3. The Balaban J connectivity index is 2.58. The summed E-state index contributed by atoms with van der Waals surface area (Å²) in [5.74, 6) is -0.121. The molecule has 0 amide bonds. The van der Waals surface area contributed by atoms with E-state index in [1.807, 2.05) is 19.2 Å². The fraction of sp³-hybridized carbons (Fsp3) is 0.400. The molecule has 72 valence electrons. The second-order valence-electron chi connectivity index (χ2n) is 3.02. The van der Waals surface area contributed by atoms with Crippen molar-refractivity contribution in [1.82, 2.24) is 4.90 Å². The summed E-state index contributed by atoms with van der Waals surface area (Å²) in [6.45, 7) is 1.59. The van der Waals surface area contributed by atoms with E-state index in [1.54, 1.807) is 6.07 Å². The number of benzene rings is 1. The van der Waals surface area contributed by atoms with Crippen molar-refractivity contribution >= 4 is 15.9 Å². The molecule has 0 fully saturated rings. The average Bonchev–Trinajstić information content (AvgIpc) is 2.09. The summed E-state index contributed by atoms with van der Waals surface area (Å²) in [5, 5.41) is 0.915. The summed E-state index contributed by atoms with van der Waals surface area (Å²) in [6.07, 6.45) is 0. The van der Waals surface area contributed by atoms with E-state index in [-0.39, 0.29) is 5.82 Å². The molecule has 0 heterocycles. The van der Waals surface area contributed by atoms with Crippen LogP contribution in [0.25, 0.3) is 0 Å². The van der Waals surface area contributed by atoms with Crippen LogP contribution in [-0.2, 0) is 6.54 Å². The van der Waals surface area contributed by atoms with Crippen molar-refractivity contribution in [2.75, 3.05) is 18.9 Å². The third-order valence-corrected chi connectivity index (χ3v) is 2.22. The maximum atomic E-state index is 13.2. The Morgan fingerprint density at radius 1 is 1.38 bits per heavy atom. The second kappa shape index (κ2) is 5.35. The minimum atomic E-state index is -0.121. The number of nitrogens with zero attached hydrogens (tertiary/aromatic N) is 1. The fourth-order valence-electron chi connectivity index (χ4n) is 1.14. The lowest BCUT2D eigenvalue weighted by molar-refractivity contribution is 0.343. The van der Waals surface area contributed by atoms with Crippen LogP contribution in [0.15, 0.2) is 24.3 Å². The molecule has 1 nitrogen and oxygen atoms in total. The van der Waals surface area contributed by atoms with E-state index < -0.39 is 0 Å². The first kappa shape index (κ1) is 10.7. The molecule has 0 aromatic heterocycles. The van der Waals surface area contributed by atoms with Gasteiger partial charge < -0.3 is 4.90 Å². The van der Waals surface area contributed by atoms with Gasteiger partial charge in [0.25, 0.3) is 0 Å². The van der Waals surface area contributed by atoms with E-state index in [2.05, 4.69) is 20.8 Å². The molecule has 0 aliphatic rings. The molecule has 0 aliphatic carbocycles. The lowest BCUT2D eigenvalue weighted by Crippen LogP contribution is -2.20. The highest BCUT2D eigenvalue weighted by molar-refractivity contribution is 9.09. The first-order valence-corrected chi connectivity index (χ1v) is 5.34. The number of rotatable bonds is 4. The van der Waals surface area contributed by atoms with Gasteiger partial charge in [-0.15, -0.1) is 0 Å². The summed E-state index contributed by atoms with van der Waals surface area (Å²) in [4.78, 5) is 2.08. The van der Waals surface area contributed by atoms with Crippen molar-refractivity contribution in [3.05, 3.63) is 35.6 Å². The van der Waals surface area contributed by atoms with Crippen LogP contribution in [0.2, 0.25) is 0 Å². The van der Waals surface area contributed by atoms with Crippen LogP contribution in [0.1, 0.15) is 5.56 Å². The van der Waals surface area contributed by atoms with Gasteiger partial charge in [-0.1, -0.05) is 34.1 Å². The first-order chi connectivity index (χ1) is 6.24. The molecule has 1 aromatic rings. The third kappa shape index (κ3) is 3.44. The Kier molecular flexibility index (Phi) is 4.39. The van der Waals surface area contributed by atoms with Crippen molar-refractivity contribution in [2.24, 2.45) is 0 Å². The summed E-state index contributed by atoms with van der Waals surface area (Å²) in [5.41, 5.74) is 0.756. The second-order valence-corrected chi connectivity index (χ2v) is 3.81. The molecule has 0 bridgehead atoms. The van der Waals surface area contributed by atoms with E-state index >= 15 is 0 Å². The Bertz CT molecular complexity index is 265. The largest absolute Gasteiger partial charge is 0.301 e. The van der Waals surface area contributed by atoms with Gasteiger partial charge in [0.2, 0.25) is 0 Å². The highest BCUT2D eigenvalue weighted by atomic mass is 79.9. The van der Waals surface area contributed by atoms with Crippen LogP contribution < -0.4 is 0 Å². The minimum absolute atomic E-state index is 0.121. The molecule has 0 saturated carbocycles. The zero-order chi connectivity index (χ0) is 9.68. The highest BCUT2D eigenvalue weighted by Crippen LogP contribution is 2.08. The molecular weight excluding hydrogens is 233 g/mol. The maximum Gasteiger partial charge on any atom is 0.127 e. The van der Waals surface area contributed by atoms with Gasteiger partial charge in [0, 0.05) is 24.0 Å². The smallest absolute Gasteiger partial charge is 0.127 e. The van der Waals surface area contributed by atoms with Crippen molar-refractivity contribution in [3.8, 4) is 0 Å². The first-order valence-electron chi connectivity index (χ1n) is 4.22. The van der Waals surface area contributed by atoms with E-state index in [1.165, 1.54) is 6.07 Å². The minimum Gasteiger partial charge on any atom is -0.301 e. The average molecular weight is 246 g/mol. The molecule has 0 N–H and O–H groups in total. The van der Waals surface area contributed by atoms with Crippen molar-refractivity contribution in [3.63, 3.8) is 0 Å². The summed E-state index contributed by atoms with van der Waals surface area (Å²) in [6, 6.07) is 6.89. The monoisotopic (exact) mass is 245 g/mol. The highest BCUT2D eigenvalue weighted by Gasteiger charge is 2.03. The molecule has 3 heteroatoms. The molecule has 0 unspecified atom stereocenters. The van der Waals surface area contributed by atoms with E-state index in [9.17, 15) is 4.39 Å². The molecule has 0 atom stereocenters. The Morgan fingerprint density at radius 3 is 2.69 bits per heavy atom. The predicted octanol–water partition coefficient (Wildman–Crippen LogP) is 2.65. The van der Waals surface area contributed by atoms with E-state index in [4.69, 9.17) is 0 Å². The lowest BCUT2D eigenvalue weighted by atomic mass is 10.2. The summed E-state index contributed by atoms with van der Waals surface area (Å²) >= 11 is 3.35. The number of hydrogen-bond acceptors (Lipinski definition) is 1. The normalized spacial score (nSPS) is 10.8. The van der Waals surface area contributed by atoms with E-state index in [0.29, 0.717) is 6.54 Å². The van der Waals surface area contributed by atoms with Crippen LogP contribution in [0, 0.1) is 5.82 Å². The molecule has 0 radical (unpaired) electrons. The van der Waals surface area contributed by atoms with Gasteiger partial charge in [-0.05, 0) is 13.1 Å². The fourth-order valence-corrected chi connectivity index (χ4v) is 1.75. The van der Waals surface area contributed by atoms with Crippen LogP contribution >= 0.6 is 15.9 Å². The Hall–Kier alpha value is -0.410. The molecule has 1 rings (SSSR count). The SMILES string of the molecule is CN(CCBr)Cc1ccccc1F. The lowest BCUT2D eigenvalue weighted by Gasteiger charge is -2.15. The maximum absolute atomic E-state index is 13.2. The van der Waals surface area contributed by atoms with Crippen molar-refractivity contribution in [1.29, 1.82) is 0 Å². The van der Waals surface area contributed by atoms with Gasteiger partial charge in [0.05, 0.1) is 0 Å². The summed E-state index contributed by atoms with van der Waals surface area (Å²) < 4.78 is 13.2. The van der Waals surface area contributed by atoms with Gasteiger partial charge in [-0.2, -0.15) is 0 Å². The number of alkyl halides is 1. The van der Waals surface area contributed by atoms with Crippen LogP contribution in [-0.4, -0.2) is 23.8 Å². The van der Waals surface area contributed by atoms with E-state index in [0.717, 1.165) is 17.4 Å². The number of hydrogen-bond donors (Lipinski definition) is 0. The molecule has 1 aromatic carbocycles. The van der Waals surface area contributed by atoms with Gasteiger partial charge in [0.1, 0.15) is 5.82 Å². The van der Waals surface area contributed by atoms with Crippen molar-refractivity contribution < 1.29 is 4.39 Å². The molecular formula is C10H13BrFN. The van der Waals surface area contributed by atoms with Crippen LogP contribution in [0.3, 0.4) is 0 Å². The van der Waals surface area contributed by atoms with Crippen molar-refractivity contribution in [2.45, 2.75) is 6.54 Å². The van der Waals surface area contributed by atoms with Crippen LogP contribution in [0.4, 0.5) is 4.39 Å². The quantitative estimate of drug-likeness (QED) is 0.738. The van der Waals surface area contributed by atoms with Gasteiger partial charge in [-0.3, -0.25) is 0 Å².